The van der Waals surface area contributed by atoms with E-state index in [1.165, 1.54) is 5.56 Å². The van der Waals surface area contributed by atoms with E-state index in [1.54, 1.807) is 4.90 Å². The molecule has 1 amide bonds. The average Bonchev–Trinajstić information content (AvgIpc) is 2.86. The number of para-hydroxylation sites is 1. The summed E-state index contributed by atoms with van der Waals surface area (Å²) in [6, 6.07) is 28.5. The second-order valence-corrected chi connectivity index (χ2v) is 6.32. The molecular weight excluding hydrogens is 294 g/mol. The lowest BCUT2D eigenvalue weighted by Crippen LogP contribution is -2.41. The van der Waals surface area contributed by atoms with Crippen molar-refractivity contribution in [1.82, 2.24) is 0 Å². The summed E-state index contributed by atoms with van der Waals surface area (Å²) in [5, 5.41) is 0. The molecule has 1 heterocycles. The predicted molar refractivity (Wildman–Crippen MR) is 97.2 cm³/mol. The molecule has 0 fully saturated rings. The van der Waals surface area contributed by atoms with Crippen molar-refractivity contribution in [2.24, 2.45) is 0 Å². The number of carbonyl (C=O) groups is 1. The molecule has 0 unspecified atom stereocenters. The first kappa shape index (κ1) is 14.7. The molecule has 3 aromatic rings. The first-order chi connectivity index (χ1) is 11.7. The Morgan fingerprint density at radius 3 is 2.08 bits per heavy atom. The van der Waals surface area contributed by atoms with Gasteiger partial charge < -0.3 is 4.90 Å². The Labute approximate surface area is 142 Å². The molecule has 24 heavy (non-hydrogen) atoms. The number of fused-ring (bicyclic) bond motifs is 1. The molecule has 0 saturated carbocycles. The van der Waals surface area contributed by atoms with Gasteiger partial charge in [-0.25, -0.2) is 0 Å². The van der Waals surface area contributed by atoms with Gasteiger partial charge in [-0.2, -0.15) is 0 Å². The maximum atomic E-state index is 13.4. The van der Waals surface area contributed by atoms with Crippen LogP contribution in [0, 0.1) is 0 Å². The maximum Gasteiger partial charge on any atom is 0.242 e. The van der Waals surface area contributed by atoms with Crippen LogP contribution in [0.4, 0.5) is 5.69 Å². The minimum absolute atomic E-state index is 0.138. The van der Waals surface area contributed by atoms with Crippen LogP contribution in [0.25, 0.3) is 0 Å². The van der Waals surface area contributed by atoms with E-state index in [2.05, 4.69) is 30.3 Å². The van der Waals surface area contributed by atoms with Crippen molar-refractivity contribution in [2.45, 2.75) is 11.8 Å². The first-order valence-corrected chi connectivity index (χ1v) is 8.20. The zero-order chi connectivity index (χ0) is 16.6. The molecule has 0 bridgehead atoms. The van der Waals surface area contributed by atoms with Crippen LogP contribution in [0.2, 0.25) is 0 Å². The Bertz CT molecular complexity index is 873. The average molecular weight is 313 g/mol. The van der Waals surface area contributed by atoms with E-state index in [4.69, 9.17) is 0 Å². The lowest BCUT2D eigenvalue weighted by molar-refractivity contribution is -0.121. The lowest BCUT2D eigenvalue weighted by atomic mass is 9.71. The number of carbonyl (C=O) groups excluding carboxylic acids is 1. The zero-order valence-electron chi connectivity index (χ0n) is 13.6. The van der Waals surface area contributed by atoms with Crippen LogP contribution in [-0.4, -0.2) is 13.0 Å². The van der Waals surface area contributed by atoms with Gasteiger partial charge in [-0.15, -0.1) is 0 Å². The van der Waals surface area contributed by atoms with Crippen LogP contribution >= 0.6 is 0 Å². The molecule has 0 aliphatic carbocycles. The lowest BCUT2D eigenvalue weighted by Gasteiger charge is -2.29. The molecular formula is C22H19NO. The fourth-order valence-electron chi connectivity index (χ4n) is 3.81. The predicted octanol–water partition coefficient (Wildman–Crippen LogP) is 4.19. The minimum atomic E-state index is -0.659. The summed E-state index contributed by atoms with van der Waals surface area (Å²) in [5.74, 6) is 0.138. The van der Waals surface area contributed by atoms with E-state index in [0.717, 1.165) is 16.8 Å². The molecule has 118 valence electrons. The zero-order valence-corrected chi connectivity index (χ0v) is 13.6. The highest BCUT2D eigenvalue weighted by Gasteiger charge is 2.50. The van der Waals surface area contributed by atoms with Gasteiger partial charge in [0.15, 0.2) is 0 Å². The van der Waals surface area contributed by atoms with Gasteiger partial charge in [-0.05, 0) is 29.2 Å². The smallest absolute Gasteiger partial charge is 0.242 e. The summed E-state index contributed by atoms with van der Waals surface area (Å²) in [6.07, 6.45) is 0.665. The molecule has 3 aromatic carbocycles. The molecule has 0 spiro atoms. The van der Waals surface area contributed by atoms with Gasteiger partial charge in [0.2, 0.25) is 5.91 Å². The van der Waals surface area contributed by atoms with Crippen LogP contribution < -0.4 is 4.90 Å². The van der Waals surface area contributed by atoms with E-state index in [-0.39, 0.29) is 5.91 Å². The number of amides is 1. The Kier molecular flexibility index (Phi) is 3.46. The van der Waals surface area contributed by atoms with Crippen molar-refractivity contribution in [3.8, 4) is 0 Å². The minimum Gasteiger partial charge on any atom is -0.314 e. The second kappa shape index (κ2) is 5.64. The van der Waals surface area contributed by atoms with Gasteiger partial charge in [-0.3, -0.25) is 4.79 Å². The molecule has 0 radical (unpaired) electrons. The van der Waals surface area contributed by atoms with Crippen molar-refractivity contribution < 1.29 is 4.79 Å². The molecule has 4 rings (SSSR count). The molecule has 1 atom stereocenters. The quantitative estimate of drug-likeness (QED) is 0.710. The molecule has 0 aromatic heterocycles. The largest absolute Gasteiger partial charge is 0.314 e. The van der Waals surface area contributed by atoms with Crippen LogP contribution in [0.3, 0.4) is 0 Å². The van der Waals surface area contributed by atoms with Gasteiger partial charge in [0.1, 0.15) is 5.41 Å². The summed E-state index contributed by atoms with van der Waals surface area (Å²) >= 11 is 0. The van der Waals surface area contributed by atoms with Crippen molar-refractivity contribution >= 4 is 11.6 Å². The standard InChI is InChI=1S/C22H19NO/c1-23-20-15-9-8-14-19(20)22(21(23)24,18-12-6-3-7-13-18)16-17-10-4-2-5-11-17/h2-15H,16H2,1H3/t22-/m0/s1. The third kappa shape index (κ3) is 2.07. The molecule has 2 nitrogen and oxygen atoms in total. The molecule has 1 aliphatic heterocycles. The molecule has 2 heteroatoms. The van der Waals surface area contributed by atoms with Gasteiger partial charge in [0, 0.05) is 12.7 Å². The summed E-state index contributed by atoms with van der Waals surface area (Å²) in [4.78, 5) is 15.2. The number of hydrogen-bond acceptors (Lipinski definition) is 1. The third-order valence-electron chi connectivity index (χ3n) is 4.97. The van der Waals surface area contributed by atoms with Crippen molar-refractivity contribution in [2.75, 3.05) is 11.9 Å². The summed E-state index contributed by atoms with van der Waals surface area (Å²) in [7, 11) is 1.87. The van der Waals surface area contributed by atoms with Crippen LogP contribution in [0.1, 0.15) is 16.7 Å². The number of benzene rings is 3. The molecule has 0 N–H and O–H groups in total. The SMILES string of the molecule is CN1C(=O)[C@@](Cc2ccccc2)(c2ccccc2)c2ccccc21. The maximum absolute atomic E-state index is 13.4. The summed E-state index contributed by atoms with van der Waals surface area (Å²) < 4.78 is 0. The highest BCUT2D eigenvalue weighted by molar-refractivity contribution is 6.10. The Morgan fingerprint density at radius 1 is 0.792 bits per heavy atom. The first-order valence-electron chi connectivity index (χ1n) is 8.20. The van der Waals surface area contributed by atoms with Gasteiger partial charge in [0.25, 0.3) is 0 Å². The number of rotatable bonds is 3. The van der Waals surface area contributed by atoms with E-state index < -0.39 is 5.41 Å². The van der Waals surface area contributed by atoms with E-state index in [1.807, 2.05) is 61.6 Å². The van der Waals surface area contributed by atoms with Crippen molar-refractivity contribution in [1.29, 1.82) is 0 Å². The number of likely N-dealkylation sites (N-methyl/N-ethyl adjacent to an activating group) is 1. The Morgan fingerprint density at radius 2 is 1.38 bits per heavy atom. The number of hydrogen-bond donors (Lipinski definition) is 0. The topological polar surface area (TPSA) is 20.3 Å². The third-order valence-corrected chi connectivity index (χ3v) is 4.97. The highest BCUT2D eigenvalue weighted by Crippen LogP contribution is 2.47. The monoisotopic (exact) mass is 313 g/mol. The van der Waals surface area contributed by atoms with Crippen molar-refractivity contribution in [3.63, 3.8) is 0 Å². The highest BCUT2D eigenvalue weighted by atomic mass is 16.2. The van der Waals surface area contributed by atoms with Crippen LogP contribution in [0.5, 0.6) is 0 Å². The van der Waals surface area contributed by atoms with Crippen LogP contribution in [0.15, 0.2) is 84.9 Å². The van der Waals surface area contributed by atoms with E-state index in [0.29, 0.717) is 6.42 Å². The fourth-order valence-corrected chi connectivity index (χ4v) is 3.81. The van der Waals surface area contributed by atoms with Gasteiger partial charge >= 0.3 is 0 Å². The second-order valence-electron chi connectivity index (χ2n) is 6.32. The molecule has 0 saturated heterocycles. The van der Waals surface area contributed by atoms with Gasteiger partial charge in [-0.1, -0.05) is 78.9 Å². The van der Waals surface area contributed by atoms with Gasteiger partial charge in [0.05, 0.1) is 0 Å². The fraction of sp³-hybridized carbons (Fsp3) is 0.136. The van der Waals surface area contributed by atoms with E-state index in [9.17, 15) is 4.79 Å². The number of nitrogens with zero attached hydrogens (tertiary/aromatic N) is 1. The summed E-state index contributed by atoms with van der Waals surface area (Å²) in [6.45, 7) is 0. The number of anilines is 1. The Balaban J connectivity index is 1.97. The molecule has 1 aliphatic rings. The van der Waals surface area contributed by atoms with Crippen molar-refractivity contribution in [3.05, 3.63) is 102 Å². The van der Waals surface area contributed by atoms with Crippen LogP contribution in [-0.2, 0) is 16.6 Å². The normalized spacial score (nSPS) is 19.4. The Hall–Kier alpha value is -2.87. The summed E-state index contributed by atoms with van der Waals surface area (Å²) in [5.41, 5.74) is 3.65. The van der Waals surface area contributed by atoms with E-state index >= 15 is 0 Å².